The Hall–Kier alpha value is -1.06. The van der Waals surface area contributed by atoms with Crippen molar-refractivity contribution in [2.75, 3.05) is 6.54 Å². The quantitative estimate of drug-likeness (QED) is 0.516. The minimum Gasteiger partial charge on any atom is -0.387 e. The number of nitrogens with one attached hydrogen (secondary N) is 1. The van der Waals surface area contributed by atoms with Gasteiger partial charge in [0.1, 0.15) is 0 Å². The van der Waals surface area contributed by atoms with E-state index in [0.29, 0.717) is 18.8 Å². The van der Waals surface area contributed by atoms with Crippen molar-refractivity contribution in [3.63, 3.8) is 0 Å². The second kappa shape index (κ2) is 7.26. The average molecular weight is 213 g/mol. The lowest BCUT2D eigenvalue weighted by atomic mass is 10.2. The van der Waals surface area contributed by atoms with Gasteiger partial charge >= 0.3 is 0 Å². The standard InChI is InChI=1S/C11H23N3O/c1-5-9(4)14-10(15)6-7-13-11(12)8(2)3/h8-9H,5-7H2,1-4H3,(H2,12,13)(H,14,15). The van der Waals surface area contributed by atoms with Crippen molar-refractivity contribution in [1.29, 1.82) is 0 Å². The van der Waals surface area contributed by atoms with Gasteiger partial charge in [0.25, 0.3) is 0 Å². The third-order valence-electron chi connectivity index (χ3n) is 2.24. The SMILES string of the molecule is CCC(C)NC(=O)CCN=C(N)C(C)C. The summed E-state index contributed by atoms with van der Waals surface area (Å²) >= 11 is 0. The van der Waals surface area contributed by atoms with E-state index in [-0.39, 0.29) is 17.9 Å². The third-order valence-corrected chi connectivity index (χ3v) is 2.24. The summed E-state index contributed by atoms with van der Waals surface area (Å²) in [4.78, 5) is 15.5. The molecule has 0 aliphatic rings. The topological polar surface area (TPSA) is 67.5 Å². The predicted octanol–water partition coefficient (Wildman–Crippen LogP) is 1.30. The van der Waals surface area contributed by atoms with Crippen molar-refractivity contribution < 1.29 is 4.79 Å². The zero-order chi connectivity index (χ0) is 11.8. The Balaban J connectivity index is 3.77. The molecule has 15 heavy (non-hydrogen) atoms. The monoisotopic (exact) mass is 213 g/mol. The number of hydrogen-bond donors (Lipinski definition) is 2. The summed E-state index contributed by atoms with van der Waals surface area (Å²) in [7, 11) is 0. The van der Waals surface area contributed by atoms with Crippen LogP contribution in [-0.2, 0) is 4.79 Å². The summed E-state index contributed by atoms with van der Waals surface area (Å²) in [6.45, 7) is 8.48. The molecule has 4 nitrogen and oxygen atoms in total. The molecule has 0 heterocycles. The Kier molecular flexibility index (Phi) is 6.75. The van der Waals surface area contributed by atoms with Gasteiger partial charge in [-0.05, 0) is 13.3 Å². The maximum Gasteiger partial charge on any atom is 0.222 e. The molecule has 0 aliphatic heterocycles. The number of aliphatic imine (C=N–C) groups is 1. The molecule has 1 unspecified atom stereocenters. The first-order valence-corrected chi connectivity index (χ1v) is 5.56. The zero-order valence-corrected chi connectivity index (χ0v) is 10.2. The van der Waals surface area contributed by atoms with E-state index >= 15 is 0 Å². The largest absolute Gasteiger partial charge is 0.387 e. The van der Waals surface area contributed by atoms with E-state index < -0.39 is 0 Å². The number of rotatable bonds is 6. The number of amidine groups is 1. The number of carbonyl (C=O) groups is 1. The van der Waals surface area contributed by atoms with E-state index in [9.17, 15) is 4.79 Å². The Morgan fingerprint density at radius 3 is 2.47 bits per heavy atom. The highest BCUT2D eigenvalue weighted by atomic mass is 16.1. The molecule has 0 fully saturated rings. The molecule has 0 aromatic rings. The molecular formula is C11H23N3O. The van der Waals surface area contributed by atoms with Gasteiger partial charge in [0, 0.05) is 24.9 Å². The van der Waals surface area contributed by atoms with E-state index in [0.717, 1.165) is 6.42 Å². The van der Waals surface area contributed by atoms with Crippen LogP contribution in [0.1, 0.15) is 40.5 Å². The summed E-state index contributed by atoms with van der Waals surface area (Å²) in [5.41, 5.74) is 5.65. The molecule has 4 heteroatoms. The van der Waals surface area contributed by atoms with E-state index in [1.165, 1.54) is 0 Å². The molecule has 0 saturated carbocycles. The van der Waals surface area contributed by atoms with Crippen molar-refractivity contribution in [1.82, 2.24) is 5.32 Å². The maximum atomic E-state index is 11.3. The van der Waals surface area contributed by atoms with Gasteiger partial charge < -0.3 is 11.1 Å². The summed E-state index contributed by atoms with van der Waals surface area (Å²) in [5.74, 6) is 0.915. The lowest BCUT2D eigenvalue weighted by Gasteiger charge is -2.10. The number of nitrogens with zero attached hydrogens (tertiary/aromatic N) is 1. The van der Waals surface area contributed by atoms with Gasteiger partial charge in [0.2, 0.25) is 5.91 Å². The third kappa shape index (κ3) is 6.94. The molecule has 0 radical (unpaired) electrons. The second-order valence-electron chi connectivity index (χ2n) is 4.09. The molecule has 88 valence electrons. The van der Waals surface area contributed by atoms with Crippen molar-refractivity contribution >= 4 is 11.7 Å². The smallest absolute Gasteiger partial charge is 0.222 e. The van der Waals surface area contributed by atoms with Gasteiger partial charge in [-0.15, -0.1) is 0 Å². The van der Waals surface area contributed by atoms with Crippen molar-refractivity contribution in [2.45, 2.75) is 46.6 Å². The summed E-state index contributed by atoms with van der Waals surface area (Å²) in [5, 5.41) is 2.88. The fraction of sp³-hybridized carbons (Fsp3) is 0.818. The minimum absolute atomic E-state index is 0.0460. The predicted molar refractivity (Wildman–Crippen MR) is 63.8 cm³/mol. The molecule has 3 N–H and O–H groups in total. The molecule has 0 spiro atoms. The molecule has 0 saturated heterocycles. The second-order valence-corrected chi connectivity index (χ2v) is 4.09. The van der Waals surface area contributed by atoms with Crippen LogP contribution in [0.5, 0.6) is 0 Å². The fourth-order valence-electron chi connectivity index (χ4n) is 0.918. The Bertz CT molecular complexity index is 224. The van der Waals surface area contributed by atoms with Crippen molar-refractivity contribution in [3.05, 3.63) is 0 Å². The van der Waals surface area contributed by atoms with Crippen molar-refractivity contribution in [2.24, 2.45) is 16.6 Å². The van der Waals surface area contributed by atoms with Gasteiger partial charge in [-0.25, -0.2) is 0 Å². The highest BCUT2D eigenvalue weighted by molar-refractivity contribution is 5.82. The summed E-state index contributed by atoms with van der Waals surface area (Å²) in [6, 6.07) is 0.240. The van der Waals surface area contributed by atoms with Gasteiger partial charge in [0.05, 0.1) is 5.84 Å². The minimum atomic E-state index is 0.0460. The van der Waals surface area contributed by atoms with Crippen LogP contribution in [0.25, 0.3) is 0 Å². The van der Waals surface area contributed by atoms with Crippen LogP contribution in [0.2, 0.25) is 0 Å². The number of hydrogen-bond acceptors (Lipinski definition) is 2. The van der Waals surface area contributed by atoms with E-state index in [1.807, 2.05) is 27.7 Å². The normalized spacial score (nSPS) is 14.1. The maximum absolute atomic E-state index is 11.3. The van der Waals surface area contributed by atoms with Crippen molar-refractivity contribution in [3.8, 4) is 0 Å². The first-order valence-electron chi connectivity index (χ1n) is 5.56. The lowest BCUT2D eigenvalue weighted by Crippen LogP contribution is -2.32. The van der Waals surface area contributed by atoms with E-state index in [4.69, 9.17) is 5.73 Å². The summed E-state index contributed by atoms with van der Waals surface area (Å²) < 4.78 is 0. The van der Waals surface area contributed by atoms with Crippen LogP contribution in [-0.4, -0.2) is 24.3 Å². The molecular weight excluding hydrogens is 190 g/mol. The lowest BCUT2D eigenvalue weighted by molar-refractivity contribution is -0.121. The van der Waals surface area contributed by atoms with Crippen LogP contribution in [0, 0.1) is 5.92 Å². The van der Waals surface area contributed by atoms with Crippen LogP contribution in [0.4, 0.5) is 0 Å². The number of carbonyl (C=O) groups excluding carboxylic acids is 1. The zero-order valence-electron chi connectivity index (χ0n) is 10.2. The van der Waals surface area contributed by atoms with Gasteiger partial charge in [-0.3, -0.25) is 9.79 Å². The Morgan fingerprint density at radius 2 is 2.00 bits per heavy atom. The highest BCUT2D eigenvalue weighted by Crippen LogP contribution is 1.94. The molecule has 0 aromatic carbocycles. The highest BCUT2D eigenvalue weighted by Gasteiger charge is 2.05. The fourth-order valence-corrected chi connectivity index (χ4v) is 0.918. The molecule has 0 aromatic heterocycles. The van der Waals surface area contributed by atoms with Crippen LogP contribution >= 0.6 is 0 Å². The Labute approximate surface area is 92.3 Å². The van der Waals surface area contributed by atoms with Crippen LogP contribution < -0.4 is 11.1 Å². The van der Waals surface area contributed by atoms with E-state index in [1.54, 1.807) is 0 Å². The number of amides is 1. The first-order chi connectivity index (χ1) is 6.97. The first kappa shape index (κ1) is 13.9. The molecule has 0 aliphatic carbocycles. The van der Waals surface area contributed by atoms with Gasteiger partial charge in [-0.2, -0.15) is 0 Å². The summed E-state index contributed by atoms with van der Waals surface area (Å²) in [6.07, 6.45) is 1.36. The molecule has 0 bridgehead atoms. The van der Waals surface area contributed by atoms with Crippen LogP contribution in [0.3, 0.4) is 0 Å². The van der Waals surface area contributed by atoms with Crippen LogP contribution in [0.15, 0.2) is 4.99 Å². The molecule has 0 rings (SSSR count). The van der Waals surface area contributed by atoms with Gasteiger partial charge in [0.15, 0.2) is 0 Å². The van der Waals surface area contributed by atoms with E-state index in [2.05, 4.69) is 10.3 Å². The Morgan fingerprint density at radius 1 is 1.40 bits per heavy atom. The molecule has 1 amide bonds. The molecule has 1 atom stereocenters. The number of nitrogens with two attached hydrogens (primary N) is 1. The van der Waals surface area contributed by atoms with Gasteiger partial charge in [-0.1, -0.05) is 20.8 Å². The average Bonchev–Trinajstić information content (AvgIpc) is 2.17.